The van der Waals surface area contributed by atoms with Gasteiger partial charge in [0.2, 0.25) is 0 Å². The molecule has 0 aromatic carbocycles. The van der Waals surface area contributed by atoms with E-state index in [9.17, 15) is 9.59 Å². The Hall–Kier alpha value is -2.63. The van der Waals surface area contributed by atoms with Crippen molar-refractivity contribution < 1.29 is 24.2 Å². The number of aliphatic hydroxyl groups is 1. The molecule has 0 radical (unpaired) electrons. The van der Waals surface area contributed by atoms with Crippen molar-refractivity contribution in [2.24, 2.45) is 0 Å². The number of alkyl carbamates (subject to hydrolysis) is 1. The van der Waals surface area contributed by atoms with Crippen LogP contribution in [0.4, 0.5) is 4.79 Å². The van der Waals surface area contributed by atoms with E-state index in [1.807, 2.05) is 6.79 Å². The van der Waals surface area contributed by atoms with Crippen LogP contribution in [-0.4, -0.2) is 49.2 Å². The minimum Gasteiger partial charge on any atom is -0.526 e. The van der Waals surface area contributed by atoms with Crippen LogP contribution < -0.4 is 10.6 Å². The van der Waals surface area contributed by atoms with Crippen LogP contribution in [0.1, 0.15) is 40.0 Å². The molecule has 1 unspecified atom stereocenters. The SMILES string of the molecule is C=O.CC(C)(C)OC(=O)NCCCCC(CO)N[C-]=O.[Fm]. The van der Waals surface area contributed by atoms with Gasteiger partial charge in [0.05, 0.1) is 6.61 Å². The first kappa shape index (κ1) is 23.5. The number of carbonyl (C=O) groups is 2. The second kappa shape index (κ2) is 13.8. The molecule has 3 N–H and O–H groups in total. The van der Waals surface area contributed by atoms with Crippen LogP contribution in [0.2, 0.25) is 0 Å². The van der Waals surface area contributed by atoms with Gasteiger partial charge in [-0.25, -0.2) is 4.79 Å². The number of hydrogen-bond acceptors (Lipinski definition) is 5. The Kier molecular flexibility index (Phi) is 15.4. The van der Waals surface area contributed by atoms with Crippen LogP contribution in [0, 0.1) is 0 Å². The van der Waals surface area contributed by atoms with E-state index in [0.717, 1.165) is 12.8 Å². The minimum absolute atomic E-state index is 0. The quantitative estimate of drug-likeness (QED) is 0.234. The van der Waals surface area contributed by atoms with Gasteiger partial charge in [0.1, 0.15) is 12.4 Å². The number of ether oxygens (including phenoxy) is 1. The van der Waals surface area contributed by atoms with E-state index in [2.05, 4.69) is 10.6 Å². The number of nitrogens with one attached hydrogen (secondary N) is 2. The molecule has 0 heterocycles. The summed E-state index contributed by atoms with van der Waals surface area (Å²) >= 11 is 0. The van der Waals surface area contributed by atoms with Gasteiger partial charge in [-0.2, -0.15) is 6.41 Å². The van der Waals surface area contributed by atoms with Crippen molar-refractivity contribution in [3.63, 3.8) is 0 Å². The van der Waals surface area contributed by atoms with E-state index in [4.69, 9.17) is 14.6 Å². The standard InChI is InChI=1S/C12H23N2O4.CH2O.Fm/c1-12(2,3)18-11(17)13-7-5-4-6-10(8-15)14-9-16;1-2;/h10,15H,4-8H2,1-3H3,(H,13,17)(H,14,16);1H2;/q-1;;. The van der Waals surface area contributed by atoms with Crippen molar-refractivity contribution in [3.05, 3.63) is 0 Å². The van der Waals surface area contributed by atoms with Crippen molar-refractivity contribution in [3.8, 4) is 0 Å². The Labute approximate surface area is 120 Å². The molecule has 21 heavy (non-hydrogen) atoms. The van der Waals surface area contributed by atoms with Gasteiger partial charge in [-0.15, -0.1) is 0 Å². The van der Waals surface area contributed by atoms with Crippen LogP contribution in [0.5, 0.6) is 0 Å². The van der Waals surface area contributed by atoms with Crippen molar-refractivity contribution in [1.82, 2.24) is 10.6 Å². The normalized spacial score (nSPS) is 11.0. The van der Waals surface area contributed by atoms with Gasteiger partial charge in [-0.1, -0.05) is 0 Å². The summed E-state index contributed by atoms with van der Waals surface area (Å²) in [5, 5.41) is 13.9. The molecule has 0 rings (SSSR count). The predicted molar refractivity (Wildman–Crippen MR) is 74.9 cm³/mol. The van der Waals surface area contributed by atoms with E-state index in [1.54, 1.807) is 27.2 Å². The summed E-state index contributed by atoms with van der Waals surface area (Å²) in [6.45, 7) is 7.83. The monoisotopic (exact) mass is 546 g/mol. The second-order valence-electron chi connectivity index (χ2n) is 5.05. The predicted octanol–water partition coefficient (Wildman–Crippen LogP) is 0.514. The molecule has 7 nitrogen and oxygen atoms in total. The number of amides is 2. The zero-order chi connectivity index (χ0) is 16.0. The molecule has 0 fully saturated rings. The molecular formula is C13H25FmN2O5-. The van der Waals surface area contributed by atoms with Gasteiger partial charge >= 0.3 is 6.09 Å². The van der Waals surface area contributed by atoms with Crippen LogP contribution in [0.15, 0.2) is 0 Å². The molecule has 0 aromatic heterocycles. The molecule has 0 aliphatic carbocycles. The van der Waals surface area contributed by atoms with Crippen molar-refractivity contribution in [2.45, 2.75) is 51.7 Å². The topological polar surface area (TPSA) is 105 Å². The summed E-state index contributed by atoms with van der Waals surface area (Å²) in [6, 6.07) is -0.260. The van der Waals surface area contributed by atoms with Crippen molar-refractivity contribution >= 4 is 19.3 Å². The molecule has 0 bridgehead atoms. The maximum Gasteiger partial charge on any atom is 0.407 e. The molecule has 0 aliphatic rings. The Morgan fingerprint density at radius 3 is 2.33 bits per heavy atom. The smallest absolute Gasteiger partial charge is 0.407 e. The number of unbranched alkanes of at least 4 members (excludes halogenated alkanes) is 1. The van der Waals surface area contributed by atoms with Gasteiger partial charge in [-0.05, 0) is 40.0 Å². The van der Waals surface area contributed by atoms with E-state index in [1.165, 1.54) is 0 Å². The van der Waals surface area contributed by atoms with Gasteiger partial charge in [0.25, 0.3) is 0 Å². The molecule has 8 heteroatoms. The van der Waals surface area contributed by atoms with Crippen LogP contribution in [-0.2, 0) is 14.3 Å². The minimum atomic E-state index is -0.490. The summed E-state index contributed by atoms with van der Waals surface area (Å²) in [5.74, 6) is 0. The molecule has 0 spiro atoms. The number of hydrogen-bond donors (Lipinski definition) is 3. The first-order chi connectivity index (χ1) is 9.39. The van der Waals surface area contributed by atoms with Crippen LogP contribution >= 0.6 is 0 Å². The fourth-order valence-electron chi connectivity index (χ4n) is 1.31. The summed E-state index contributed by atoms with van der Waals surface area (Å²) in [7, 11) is 0. The fraction of sp³-hybridized carbons (Fsp3) is 0.769. The van der Waals surface area contributed by atoms with Gasteiger partial charge in [-0.3, -0.25) is 0 Å². The largest absolute Gasteiger partial charge is 0.526 e. The third kappa shape index (κ3) is 17.4. The summed E-state index contributed by atoms with van der Waals surface area (Å²) in [4.78, 5) is 29.3. The summed E-state index contributed by atoms with van der Waals surface area (Å²) < 4.78 is 5.07. The van der Waals surface area contributed by atoms with Gasteiger partial charge in [0.15, 0.2) is 0 Å². The average molecular weight is 546 g/mol. The van der Waals surface area contributed by atoms with Gasteiger partial charge in [0, 0.05) is 12.6 Å². The van der Waals surface area contributed by atoms with E-state index in [-0.39, 0.29) is 12.6 Å². The van der Waals surface area contributed by atoms with E-state index < -0.39 is 11.7 Å². The molecule has 1 atom stereocenters. The molecule has 0 saturated carbocycles. The first-order valence-corrected chi connectivity index (χ1v) is 6.38. The van der Waals surface area contributed by atoms with Crippen molar-refractivity contribution in [1.29, 1.82) is 0 Å². The number of rotatable bonds is 8. The fourth-order valence-corrected chi connectivity index (χ4v) is 1.31. The second-order valence-corrected chi connectivity index (χ2v) is 5.05. The molecule has 2 amide bonds. The number of aliphatic hydroxyl groups excluding tert-OH is 1. The third-order valence-electron chi connectivity index (χ3n) is 2.13. The molecule has 0 aliphatic heterocycles. The Morgan fingerprint density at radius 2 is 1.90 bits per heavy atom. The zero-order valence-electron chi connectivity index (χ0n) is 12.7. The van der Waals surface area contributed by atoms with Crippen molar-refractivity contribution in [2.75, 3.05) is 13.2 Å². The first-order valence-electron chi connectivity index (χ1n) is 6.38. The van der Waals surface area contributed by atoms with E-state index >= 15 is 0 Å². The molecule has 0 aromatic rings. The van der Waals surface area contributed by atoms with E-state index in [0.29, 0.717) is 13.0 Å². The molecule has 0 saturated heterocycles. The Balaban J connectivity index is -0.00000103. The van der Waals surface area contributed by atoms with Crippen LogP contribution in [0.25, 0.3) is 0 Å². The third-order valence-corrected chi connectivity index (χ3v) is 2.13. The summed E-state index contributed by atoms with van der Waals surface area (Å²) in [5.41, 5.74) is -0.490. The zero-order valence-corrected chi connectivity index (χ0v) is 15.1. The number of carbonyl (C=O) groups excluding carboxylic acids is 3. The maximum absolute atomic E-state index is 11.3. The molecule has 130 valence electrons. The van der Waals surface area contributed by atoms with Crippen LogP contribution in [0.3, 0.4) is 0 Å². The average Bonchev–Trinajstić information content (AvgIpc) is 2.37. The summed E-state index contributed by atoms with van der Waals surface area (Å²) in [6.07, 6.45) is 3.33. The Bertz CT molecular complexity index is 272. The molecular weight excluding hydrogens is 521 g/mol. The maximum atomic E-state index is 11.3. The van der Waals surface area contributed by atoms with Gasteiger partial charge < -0.3 is 30.1 Å². The Morgan fingerprint density at radius 1 is 1.33 bits per heavy atom.